The summed E-state index contributed by atoms with van der Waals surface area (Å²) in [7, 11) is 0. The molecule has 3 aliphatic rings. The fourth-order valence-corrected chi connectivity index (χ4v) is 4.91. The highest BCUT2D eigenvalue weighted by atomic mass is 16.8. The SMILES string of the molecule is OC[C@@H]1O[C@@H](O[C@@H]2[C@@H](O)[C@H](O[C@H](CO)[C@H](O)[C@@H](O)CO)O[C@H](CO)[C@H]2O)[C@H](O)[C@H](O)[C@H]1O[C@@H]1O[C@H](CO)[C@@H](O)[C@H](O)[C@H]1O. The predicted octanol–water partition coefficient (Wildman–Crippen LogP) is -9.47. The van der Waals surface area contributed by atoms with Gasteiger partial charge in [-0.2, -0.15) is 0 Å². The number of ether oxygens (including phenoxy) is 6. The lowest BCUT2D eigenvalue weighted by Gasteiger charge is -2.48. The number of aliphatic hydroxyl groups excluding tert-OH is 14. The van der Waals surface area contributed by atoms with Crippen LogP contribution < -0.4 is 0 Å². The van der Waals surface area contributed by atoms with Crippen LogP contribution in [-0.2, 0) is 28.4 Å². The molecule has 0 radical (unpaired) electrons. The fourth-order valence-electron chi connectivity index (χ4n) is 4.91. The van der Waals surface area contributed by atoms with Gasteiger partial charge in [-0.15, -0.1) is 0 Å². The molecule has 0 aliphatic carbocycles. The molecule has 0 aromatic heterocycles. The summed E-state index contributed by atoms with van der Waals surface area (Å²) in [5.41, 5.74) is 0. The second kappa shape index (κ2) is 16.2. The molecule has 0 bridgehead atoms. The predicted molar refractivity (Wildman–Crippen MR) is 130 cm³/mol. The maximum atomic E-state index is 10.9. The van der Waals surface area contributed by atoms with E-state index in [9.17, 15) is 66.4 Å². The van der Waals surface area contributed by atoms with Crippen LogP contribution in [0.1, 0.15) is 0 Å². The molecule has 0 amide bonds. The van der Waals surface area contributed by atoms with Gasteiger partial charge in [0.05, 0.1) is 33.0 Å². The summed E-state index contributed by atoms with van der Waals surface area (Å²) in [6, 6.07) is 0. The van der Waals surface area contributed by atoms with Crippen molar-refractivity contribution in [2.45, 2.75) is 110 Å². The smallest absolute Gasteiger partial charge is 0.187 e. The highest BCUT2D eigenvalue weighted by molar-refractivity contribution is 4.96. The van der Waals surface area contributed by atoms with E-state index >= 15 is 0 Å². The highest BCUT2D eigenvalue weighted by Crippen LogP contribution is 2.33. The van der Waals surface area contributed by atoms with E-state index in [0.717, 1.165) is 0 Å². The van der Waals surface area contributed by atoms with Crippen LogP contribution in [0.3, 0.4) is 0 Å². The van der Waals surface area contributed by atoms with Crippen molar-refractivity contribution in [3.63, 3.8) is 0 Å². The van der Waals surface area contributed by atoms with Gasteiger partial charge < -0.3 is 99.9 Å². The molecule has 43 heavy (non-hydrogen) atoms. The molecule has 0 aromatic rings. The Hall–Kier alpha value is -0.800. The zero-order valence-electron chi connectivity index (χ0n) is 22.6. The zero-order chi connectivity index (χ0) is 32.2. The van der Waals surface area contributed by atoms with Gasteiger partial charge in [-0.05, 0) is 0 Å². The Bertz CT molecular complexity index is 822. The van der Waals surface area contributed by atoms with E-state index in [1.54, 1.807) is 0 Å². The molecular formula is C23H42O20. The van der Waals surface area contributed by atoms with Crippen LogP contribution in [0.5, 0.6) is 0 Å². The Morgan fingerprint density at radius 2 is 0.977 bits per heavy atom. The molecule has 20 nitrogen and oxygen atoms in total. The van der Waals surface area contributed by atoms with Crippen molar-refractivity contribution < 1.29 is 99.9 Å². The van der Waals surface area contributed by atoms with Crippen molar-refractivity contribution in [2.24, 2.45) is 0 Å². The lowest BCUT2D eigenvalue weighted by molar-refractivity contribution is -0.383. The summed E-state index contributed by atoms with van der Waals surface area (Å²) in [6.07, 6.45) is -32.0. The average molecular weight is 639 g/mol. The summed E-state index contributed by atoms with van der Waals surface area (Å²) in [5.74, 6) is 0. The summed E-state index contributed by atoms with van der Waals surface area (Å²) in [4.78, 5) is 0. The van der Waals surface area contributed by atoms with Crippen molar-refractivity contribution in [2.75, 3.05) is 33.0 Å². The largest absolute Gasteiger partial charge is 0.394 e. The van der Waals surface area contributed by atoms with Gasteiger partial charge in [0.2, 0.25) is 0 Å². The second-order valence-corrected chi connectivity index (χ2v) is 10.4. The zero-order valence-corrected chi connectivity index (χ0v) is 22.6. The molecule has 14 N–H and O–H groups in total. The Morgan fingerprint density at radius 1 is 0.488 bits per heavy atom. The van der Waals surface area contributed by atoms with Crippen molar-refractivity contribution in [3.05, 3.63) is 0 Å². The third-order valence-corrected chi connectivity index (χ3v) is 7.52. The Balaban J connectivity index is 1.75. The van der Waals surface area contributed by atoms with Crippen molar-refractivity contribution >= 4 is 0 Å². The third-order valence-electron chi connectivity index (χ3n) is 7.52. The number of aliphatic hydroxyl groups is 14. The van der Waals surface area contributed by atoms with Crippen LogP contribution >= 0.6 is 0 Å². The number of hydrogen-bond donors (Lipinski definition) is 14. The van der Waals surface area contributed by atoms with Crippen LogP contribution in [0.25, 0.3) is 0 Å². The quantitative estimate of drug-likeness (QED) is 0.0890. The third kappa shape index (κ3) is 7.96. The first kappa shape index (κ1) is 36.7. The minimum absolute atomic E-state index is 0.786. The van der Waals surface area contributed by atoms with Crippen molar-refractivity contribution in [1.29, 1.82) is 0 Å². The monoisotopic (exact) mass is 638 g/mol. The van der Waals surface area contributed by atoms with Gasteiger partial charge in [0, 0.05) is 0 Å². The van der Waals surface area contributed by atoms with Crippen LogP contribution in [0.15, 0.2) is 0 Å². The lowest BCUT2D eigenvalue weighted by atomic mass is 9.96. The normalized spacial score (nSPS) is 46.3. The van der Waals surface area contributed by atoms with E-state index in [1.807, 2.05) is 0 Å². The van der Waals surface area contributed by atoms with Crippen molar-refractivity contribution in [1.82, 2.24) is 0 Å². The van der Waals surface area contributed by atoms with E-state index in [-0.39, 0.29) is 0 Å². The molecule has 0 spiro atoms. The molecule has 3 saturated heterocycles. The van der Waals surface area contributed by atoms with Crippen molar-refractivity contribution in [3.8, 4) is 0 Å². The van der Waals surface area contributed by atoms with E-state index < -0.39 is 143 Å². The molecule has 3 rings (SSSR count). The summed E-state index contributed by atoms with van der Waals surface area (Å²) < 4.78 is 32.3. The van der Waals surface area contributed by atoms with Gasteiger partial charge in [-0.3, -0.25) is 0 Å². The first-order valence-corrected chi connectivity index (χ1v) is 13.4. The fraction of sp³-hybridized carbons (Fsp3) is 1.00. The lowest BCUT2D eigenvalue weighted by Crippen LogP contribution is -2.67. The van der Waals surface area contributed by atoms with Gasteiger partial charge in [0.1, 0.15) is 91.6 Å². The summed E-state index contributed by atoms with van der Waals surface area (Å²) >= 11 is 0. The molecule has 18 atom stereocenters. The Morgan fingerprint density at radius 3 is 1.51 bits per heavy atom. The molecule has 0 unspecified atom stereocenters. The minimum atomic E-state index is -2.04. The molecular weight excluding hydrogens is 596 g/mol. The summed E-state index contributed by atoms with van der Waals surface area (Å²) in [6.45, 7) is -4.41. The van der Waals surface area contributed by atoms with Crippen LogP contribution in [0.4, 0.5) is 0 Å². The average Bonchev–Trinajstić information content (AvgIpc) is 3.01. The summed E-state index contributed by atoms with van der Waals surface area (Å²) in [5, 5.41) is 141. The minimum Gasteiger partial charge on any atom is -0.394 e. The molecule has 3 fully saturated rings. The van der Waals surface area contributed by atoms with Crippen LogP contribution in [0.2, 0.25) is 0 Å². The first-order valence-electron chi connectivity index (χ1n) is 13.4. The first-order chi connectivity index (χ1) is 20.3. The van der Waals surface area contributed by atoms with E-state index in [0.29, 0.717) is 0 Å². The number of rotatable bonds is 13. The topological polar surface area (TPSA) is 339 Å². The molecule has 254 valence electrons. The van der Waals surface area contributed by atoms with E-state index in [1.165, 1.54) is 0 Å². The highest BCUT2D eigenvalue weighted by Gasteiger charge is 2.54. The van der Waals surface area contributed by atoms with Crippen LogP contribution in [0, 0.1) is 0 Å². The van der Waals surface area contributed by atoms with Gasteiger partial charge in [-0.1, -0.05) is 0 Å². The standard InChI is InChI=1S/C23H42O20/c24-1-6(29)11(30)7(2-25)38-23-18(37)20(13(32)9(4-27)40-23)43-22-17(36)15(34)19(10(5-28)41-22)42-21-16(35)14(33)12(31)8(3-26)39-21/h6-37H,1-5H2/t6-,7+,8+,9+,10-,11+,12+,13+,14-,15-,16+,17+,18+,19-,20-,21-,22-,23+/m0/s1. The molecule has 0 aromatic carbocycles. The Kier molecular flexibility index (Phi) is 13.8. The molecule has 3 aliphatic heterocycles. The van der Waals surface area contributed by atoms with E-state index in [4.69, 9.17) is 33.5 Å². The maximum absolute atomic E-state index is 10.9. The molecule has 3 heterocycles. The number of hydrogen-bond acceptors (Lipinski definition) is 20. The Labute approximate surface area is 244 Å². The second-order valence-electron chi connectivity index (χ2n) is 10.4. The van der Waals surface area contributed by atoms with Gasteiger partial charge in [0.25, 0.3) is 0 Å². The molecule has 0 saturated carbocycles. The van der Waals surface area contributed by atoms with Gasteiger partial charge in [-0.25, -0.2) is 0 Å². The van der Waals surface area contributed by atoms with Crippen LogP contribution in [-0.4, -0.2) is 215 Å². The maximum Gasteiger partial charge on any atom is 0.187 e. The van der Waals surface area contributed by atoms with Gasteiger partial charge >= 0.3 is 0 Å². The van der Waals surface area contributed by atoms with Gasteiger partial charge in [0.15, 0.2) is 18.9 Å². The molecule has 20 heteroatoms. The van der Waals surface area contributed by atoms with E-state index in [2.05, 4.69) is 0 Å².